The third-order valence-electron chi connectivity index (χ3n) is 4.28. The molecule has 0 rings (SSSR count). The van der Waals surface area contributed by atoms with Gasteiger partial charge in [0.25, 0.3) is 0 Å². The van der Waals surface area contributed by atoms with E-state index in [9.17, 15) is 0 Å². The number of rotatable bonds is 16. The first-order valence-corrected chi connectivity index (χ1v) is 10.0. The van der Waals surface area contributed by atoms with Crippen LogP contribution >= 0.6 is 0 Å². The van der Waals surface area contributed by atoms with E-state index >= 15 is 0 Å². The van der Waals surface area contributed by atoms with Gasteiger partial charge in [-0.1, -0.05) is 90.4 Å². The maximum absolute atomic E-state index is 2.35. The fourth-order valence-corrected chi connectivity index (χ4v) is 2.85. The summed E-state index contributed by atoms with van der Waals surface area (Å²) in [5.74, 6) is 0. The molecule has 0 atom stereocenters. The lowest BCUT2D eigenvalue weighted by molar-refractivity contribution is -0.817. The van der Waals surface area contributed by atoms with Crippen molar-refractivity contribution in [2.45, 2.75) is 103 Å². The third kappa shape index (κ3) is 19.7. The predicted molar refractivity (Wildman–Crippen MR) is 102 cm³/mol. The zero-order valence-corrected chi connectivity index (χ0v) is 16.2. The Morgan fingerprint density at radius 2 is 0.909 bits per heavy atom. The monoisotopic (exact) mass is 310 g/mol. The van der Waals surface area contributed by atoms with E-state index in [1.807, 2.05) is 0 Å². The smallest absolute Gasteiger partial charge is 0.0911 e. The molecule has 0 aromatic heterocycles. The van der Waals surface area contributed by atoms with E-state index in [1.54, 1.807) is 0 Å². The molecule has 0 N–H and O–H groups in total. The van der Waals surface area contributed by atoms with Crippen LogP contribution in [0.1, 0.15) is 103 Å². The van der Waals surface area contributed by atoms with Gasteiger partial charge in [0.15, 0.2) is 0 Å². The van der Waals surface area contributed by atoms with Crippen molar-refractivity contribution >= 4 is 0 Å². The Morgan fingerprint density at radius 1 is 0.545 bits per heavy atom. The molecule has 0 amide bonds. The van der Waals surface area contributed by atoms with Crippen LogP contribution < -0.4 is 0 Å². The summed E-state index contributed by atoms with van der Waals surface area (Å²) in [5, 5.41) is 0. The maximum atomic E-state index is 2.35. The lowest BCUT2D eigenvalue weighted by Crippen LogP contribution is -2.26. The average molecular weight is 311 g/mol. The molecule has 132 valence electrons. The summed E-state index contributed by atoms with van der Waals surface area (Å²) < 4.78 is 0.943. The highest BCUT2D eigenvalue weighted by atomic mass is 15.3. The first-order valence-electron chi connectivity index (χ1n) is 10.0. The molecule has 0 bridgehead atoms. The summed E-state index contributed by atoms with van der Waals surface area (Å²) in [6.07, 6.45) is 26.1. The zero-order chi connectivity index (χ0) is 16.5. The molecule has 0 heterocycles. The Morgan fingerprint density at radius 3 is 1.27 bits per heavy atom. The summed E-state index contributed by atoms with van der Waals surface area (Å²) in [6.45, 7) is 2.29. The molecule has 0 aromatic rings. The van der Waals surface area contributed by atoms with Gasteiger partial charge in [-0.2, -0.15) is 0 Å². The van der Waals surface area contributed by atoms with Crippen LogP contribution in [0.25, 0.3) is 0 Å². The van der Waals surface area contributed by atoms with Crippen LogP contribution in [-0.4, -0.2) is 25.6 Å². The third-order valence-corrected chi connectivity index (χ3v) is 4.28. The highest BCUT2D eigenvalue weighted by Crippen LogP contribution is 2.13. The molecular weight excluding hydrogens is 266 g/mol. The Hall–Kier alpha value is -0.300. The fraction of sp³-hybridized carbons (Fsp3) is 0.905. The molecule has 0 radical (unpaired) electrons. The standard InChI is InChI=1S/C21H44N/c1-5-6-7-8-9-10-11-12-13-14-15-16-17-18-19-20-21-22(2,3)4/h20-21H,5-19H2,1-4H3/q+1/b21-20+. The van der Waals surface area contributed by atoms with Crippen LogP contribution in [0, 0.1) is 0 Å². The van der Waals surface area contributed by atoms with Crippen LogP contribution in [0.15, 0.2) is 12.3 Å². The average Bonchev–Trinajstić information content (AvgIpc) is 2.45. The molecule has 0 aromatic carbocycles. The summed E-state index contributed by atoms with van der Waals surface area (Å²) in [5.41, 5.74) is 0. The molecule has 0 aliphatic carbocycles. The van der Waals surface area contributed by atoms with E-state index in [1.165, 1.54) is 96.3 Å². The molecule has 0 spiro atoms. The second-order valence-electron chi connectivity index (χ2n) is 7.89. The Kier molecular flexibility index (Phi) is 15.4. The molecular formula is C21H44N+. The molecule has 0 saturated heterocycles. The number of unbranched alkanes of at least 4 members (excludes halogenated alkanes) is 14. The van der Waals surface area contributed by atoms with E-state index in [2.05, 4.69) is 40.3 Å². The second kappa shape index (κ2) is 15.6. The molecule has 0 unspecified atom stereocenters. The van der Waals surface area contributed by atoms with Gasteiger partial charge in [0, 0.05) is 0 Å². The van der Waals surface area contributed by atoms with Gasteiger partial charge in [-0.25, -0.2) is 0 Å². The van der Waals surface area contributed by atoms with Crippen LogP contribution in [0.2, 0.25) is 0 Å². The SMILES string of the molecule is CCCCCCCCCCCCCCCC/C=C/[N+](C)(C)C. The largest absolute Gasteiger partial charge is 0.305 e. The zero-order valence-electron chi connectivity index (χ0n) is 16.2. The highest BCUT2D eigenvalue weighted by molar-refractivity contribution is 4.72. The van der Waals surface area contributed by atoms with Crippen LogP contribution in [0.5, 0.6) is 0 Å². The van der Waals surface area contributed by atoms with Crippen molar-refractivity contribution in [2.24, 2.45) is 0 Å². The number of quaternary nitrogens is 1. The lowest BCUT2D eigenvalue weighted by atomic mass is 10.0. The van der Waals surface area contributed by atoms with Crippen LogP contribution in [0.4, 0.5) is 0 Å². The van der Waals surface area contributed by atoms with E-state index in [4.69, 9.17) is 0 Å². The normalized spacial score (nSPS) is 12.4. The topological polar surface area (TPSA) is 0 Å². The van der Waals surface area contributed by atoms with Crippen LogP contribution in [0.3, 0.4) is 0 Å². The van der Waals surface area contributed by atoms with Crippen molar-refractivity contribution in [1.29, 1.82) is 0 Å². The Balaban J connectivity index is 3.07. The van der Waals surface area contributed by atoms with Gasteiger partial charge in [0.2, 0.25) is 0 Å². The highest BCUT2D eigenvalue weighted by Gasteiger charge is 1.98. The van der Waals surface area contributed by atoms with E-state index in [-0.39, 0.29) is 0 Å². The van der Waals surface area contributed by atoms with Gasteiger partial charge >= 0.3 is 0 Å². The fourth-order valence-electron chi connectivity index (χ4n) is 2.85. The minimum Gasteiger partial charge on any atom is -0.305 e. The maximum Gasteiger partial charge on any atom is 0.0911 e. The first-order chi connectivity index (χ1) is 10.6. The van der Waals surface area contributed by atoms with Gasteiger partial charge < -0.3 is 4.48 Å². The van der Waals surface area contributed by atoms with Crippen molar-refractivity contribution in [2.75, 3.05) is 21.1 Å². The molecule has 0 aliphatic heterocycles. The van der Waals surface area contributed by atoms with Gasteiger partial charge in [-0.05, 0) is 18.9 Å². The second-order valence-corrected chi connectivity index (χ2v) is 7.89. The van der Waals surface area contributed by atoms with Crippen molar-refractivity contribution in [3.8, 4) is 0 Å². The molecule has 1 nitrogen and oxygen atoms in total. The quantitative estimate of drug-likeness (QED) is 0.211. The Bertz CT molecular complexity index is 237. The number of hydrogen-bond donors (Lipinski definition) is 0. The minimum absolute atomic E-state index is 0.943. The lowest BCUT2D eigenvalue weighted by Gasteiger charge is -2.17. The number of hydrogen-bond acceptors (Lipinski definition) is 0. The van der Waals surface area contributed by atoms with E-state index in [0.29, 0.717) is 0 Å². The van der Waals surface area contributed by atoms with Crippen molar-refractivity contribution in [3.63, 3.8) is 0 Å². The van der Waals surface area contributed by atoms with Gasteiger partial charge in [0.05, 0.1) is 27.3 Å². The Labute approximate surface area is 141 Å². The predicted octanol–water partition coefficient (Wildman–Crippen LogP) is 7.08. The minimum atomic E-state index is 0.943. The summed E-state index contributed by atoms with van der Waals surface area (Å²) in [4.78, 5) is 0. The molecule has 0 saturated carbocycles. The molecule has 1 heteroatoms. The molecule has 0 aliphatic rings. The van der Waals surface area contributed by atoms with E-state index < -0.39 is 0 Å². The number of nitrogens with zero attached hydrogens (tertiary/aromatic N) is 1. The first kappa shape index (κ1) is 21.7. The van der Waals surface area contributed by atoms with Gasteiger partial charge in [-0.3, -0.25) is 0 Å². The number of allylic oxidation sites excluding steroid dienone is 1. The van der Waals surface area contributed by atoms with Gasteiger partial charge in [-0.15, -0.1) is 0 Å². The van der Waals surface area contributed by atoms with Crippen molar-refractivity contribution in [1.82, 2.24) is 0 Å². The van der Waals surface area contributed by atoms with E-state index in [0.717, 1.165) is 4.48 Å². The molecule has 0 fully saturated rings. The summed E-state index contributed by atoms with van der Waals surface area (Å²) in [6, 6.07) is 0. The summed E-state index contributed by atoms with van der Waals surface area (Å²) >= 11 is 0. The molecule has 22 heavy (non-hydrogen) atoms. The summed E-state index contributed by atoms with van der Waals surface area (Å²) in [7, 11) is 6.63. The van der Waals surface area contributed by atoms with Crippen LogP contribution in [-0.2, 0) is 0 Å². The van der Waals surface area contributed by atoms with Crippen molar-refractivity contribution in [3.05, 3.63) is 12.3 Å². The van der Waals surface area contributed by atoms with Gasteiger partial charge in [0.1, 0.15) is 0 Å². The van der Waals surface area contributed by atoms with Crippen molar-refractivity contribution < 1.29 is 4.48 Å².